The van der Waals surface area contributed by atoms with E-state index < -0.39 is 0 Å². The van der Waals surface area contributed by atoms with Crippen LogP contribution in [0.3, 0.4) is 0 Å². The lowest BCUT2D eigenvalue weighted by Crippen LogP contribution is -2.13. The number of ether oxygens (including phenoxy) is 2. The van der Waals surface area contributed by atoms with Crippen molar-refractivity contribution >= 4 is 29.3 Å². The smallest absolute Gasteiger partial charge is 0.163 e. The number of aromatic amines is 1. The van der Waals surface area contributed by atoms with Crippen LogP contribution in [0.4, 0.5) is 5.69 Å². The zero-order chi connectivity index (χ0) is 18.1. The Morgan fingerprint density at radius 1 is 1.08 bits per heavy atom. The van der Waals surface area contributed by atoms with E-state index >= 15 is 0 Å². The summed E-state index contributed by atoms with van der Waals surface area (Å²) in [4.78, 5) is 10.2. The van der Waals surface area contributed by atoms with Gasteiger partial charge in [-0.3, -0.25) is 0 Å². The van der Waals surface area contributed by atoms with Gasteiger partial charge in [-0.15, -0.1) is 0 Å². The second-order valence-corrected chi connectivity index (χ2v) is 6.72. The molecular formula is C19H23N3O2S. The number of anilines is 1. The van der Waals surface area contributed by atoms with E-state index in [9.17, 15) is 0 Å². The topological polar surface area (TPSA) is 50.4 Å². The minimum Gasteiger partial charge on any atom is -0.493 e. The van der Waals surface area contributed by atoms with Crippen LogP contribution in [0, 0.1) is 6.92 Å². The molecule has 3 aromatic rings. The van der Waals surface area contributed by atoms with E-state index in [1.807, 2.05) is 26.2 Å². The van der Waals surface area contributed by atoms with Crippen LogP contribution in [0.5, 0.6) is 11.5 Å². The normalized spacial score (nSPS) is 12.2. The van der Waals surface area contributed by atoms with Crippen LogP contribution in [-0.4, -0.2) is 38.3 Å². The molecule has 0 radical (unpaired) electrons. The van der Waals surface area contributed by atoms with Gasteiger partial charge in [0.25, 0.3) is 0 Å². The highest BCUT2D eigenvalue weighted by Crippen LogP contribution is 2.37. The van der Waals surface area contributed by atoms with Gasteiger partial charge in [-0.1, -0.05) is 17.7 Å². The zero-order valence-electron chi connectivity index (χ0n) is 15.1. The summed E-state index contributed by atoms with van der Waals surface area (Å²) in [5.41, 5.74) is 5.16. The number of imidazole rings is 1. The molecule has 1 unspecified atom stereocenters. The van der Waals surface area contributed by atoms with Gasteiger partial charge in [0.2, 0.25) is 0 Å². The Kier molecular flexibility index (Phi) is 4.81. The standard InChI is InChI=1S/C19H23N3O2S/c1-11-6-7-15(22(2)3)12(8-11)18(25)19-20-13-9-16(23-4)17(24-5)10-14(13)21-19/h6-10,18,25H,1-5H3,(H,20,21). The molecule has 0 saturated carbocycles. The predicted octanol–water partition coefficient (Wildman–Crippen LogP) is 3.97. The van der Waals surface area contributed by atoms with Crippen LogP contribution >= 0.6 is 12.6 Å². The van der Waals surface area contributed by atoms with E-state index in [2.05, 4.69) is 35.0 Å². The third kappa shape index (κ3) is 3.26. The van der Waals surface area contributed by atoms with Crippen molar-refractivity contribution < 1.29 is 9.47 Å². The maximum atomic E-state index is 5.37. The minimum atomic E-state index is -0.165. The number of rotatable bonds is 5. The average Bonchev–Trinajstić information content (AvgIpc) is 3.02. The van der Waals surface area contributed by atoms with Gasteiger partial charge in [-0.2, -0.15) is 12.6 Å². The Morgan fingerprint density at radius 2 is 1.76 bits per heavy atom. The van der Waals surface area contributed by atoms with Gasteiger partial charge in [0, 0.05) is 31.9 Å². The minimum absolute atomic E-state index is 0.165. The van der Waals surface area contributed by atoms with Crippen molar-refractivity contribution in [2.75, 3.05) is 33.2 Å². The first-order valence-corrected chi connectivity index (χ1v) is 8.53. The molecule has 1 N–H and O–H groups in total. The monoisotopic (exact) mass is 357 g/mol. The summed E-state index contributed by atoms with van der Waals surface area (Å²) in [6.45, 7) is 2.08. The zero-order valence-corrected chi connectivity index (χ0v) is 16.0. The van der Waals surface area contributed by atoms with Crippen LogP contribution in [0.15, 0.2) is 30.3 Å². The van der Waals surface area contributed by atoms with Gasteiger partial charge in [0.05, 0.1) is 30.5 Å². The lowest BCUT2D eigenvalue weighted by atomic mass is 10.0. The van der Waals surface area contributed by atoms with Gasteiger partial charge < -0.3 is 19.4 Å². The number of aromatic nitrogens is 2. The van der Waals surface area contributed by atoms with E-state index in [0.29, 0.717) is 11.5 Å². The summed E-state index contributed by atoms with van der Waals surface area (Å²) in [5.74, 6) is 2.13. The molecule has 1 aromatic heterocycles. The van der Waals surface area contributed by atoms with Crippen molar-refractivity contribution in [1.29, 1.82) is 0 Å². The molecule has 1 atom stereocenters. The fourth-order valence-electron chi connectivity index (χ4n) is 2.93. The Labute approximate surface area is 153 Å². The highest BCUT2D eigenvalue weighted by atomic mass is 32.1. The number of H-pyrrole nitrogens is 1. The van der Waals surface area contributed by atoms with Crippen molar-refractivity contribution in [2.24, 2.45) is 0 Å². The molecule has 25 heavy (non-hydrogen) atoms. The fourth-order valence-corrected chi connectivity index (χ4v) is 3.26. The van der Waals surface area contributed by atoms with Crippen molar-refractivity contribution in [3.05, 3.63) is 47.3 Å². The maximum Gasteiger partial charge on any atom is 0.163 e. The van der Waals surface area contributed by atoms with Gasteiger partial charge >= 0.3 is 0 Å². The van der Waals surface area contributed by atoms with Crippen LogP contribution in [-0.2, 0) is 0 Å². The summed E-state index contributed by atoms with van der Waals surface area (Å²) in [5, 5.41) is -0.165. The van der Waals surface area contributed by atoms with Crippen LogP contribution < -0.4 is 14.4 Å². The maximum absolute atomic E-state index is 5.37. The van der Waals surface area contributed by atoms with E-state index in [1.165, 1.54) is 5.56 Å². The van der Waals surface area contributed by atoms with Crippen LogP contribution in [0.25, 0.3) is 11.0 Å². The predicted molar refractivity (Wildman–Crippen MR) is 106 cm³/mol. The summed E-state index contributed by atoms with van der Waals surface area (Å²) < 4.78 is 10.7. The summed E-state index contributed by atoms with van der Waals surface area (Å²) in [7, 11) is 7.30. The lowest BCUT2D eigenvalue weighted by molar-refractivity contribution is 0.356. The third-order valence-electron chi connectivity index (χ3n) is 4.22. The molecule has 0 spiro atoms. The largest absolute Gasteiger partial charge is 0.493 e. The Balaban J connectivity index is 2.09. The van der Waals surface area contributed by atoms with Crippen molar-refractivity contribution in [2.45, 2.75) is 12.2 Å². The number of fused-ring (bicyclic) bond motifs is 1. The van der Waals surface area contributed by atoms with E-state index in [-0.39, 0.29) is 5.25 Å². The molecule has 0 bridgehead atoms. The molecule has 5 nitrogen and oxygen atoms in total. The van der Waals surface area contributed by atoms with Crippen molar-refractivity contribution in [3.8, 4) is 11.5 Å². The Morgan fingerprint density at radius 3 is 2.40 bits per heavy atom. The second kappa shape index (κ2) is 6.88. The number of benzene rings is 2. The van der Waals surface area contributed by atoms with Gasteiger partial charge in [0.15, 0.2) is 11.5 Å². The first-order valence-electron chi connectivity index (χ1n) is 8.02. The highest BCUT2D eigenvalue weighted by Gasteiger charge is 2.19. The van der Waals surface area contributed by atoms with E-state index in [4.69, 9.17) is 27.1 Å². The number of nitrogens with zero attached hydrogens (tertiary/aromatic N) is 2. The number of methoxy groups -OCH3 is 2. The summed E-state index contributed by atoms with van der Waals surface area (Å²) in [6.07, 6.45) is 0. The van der Waals surface area contributed by atoms with Crippen molar-refractivity contribution in [3.63, 3.8) is 0 Å². The highest BCUT2D eigenvalue weighted by molar-refractivity contribution is 7.80. The summed E-state index contributed by atoms with van der Waals surface area (Å²) >= 11 is 4.85. The molecule has 3 rings (SSSR count). The Bertz CT molecular complexity index is 864. The molecule has 1 heterocycles. The number of nitrogens with one attached hydrogen (secondary N) is 1. The third-order valence-corrected chi connectivity index (χ3v) is 4.75. The van der Waals surface area contributed by atoms with Gasteiger partial charge in [0.1, 0.15) is 5.82 Å². The lowest BCUT2D eigenvalue weighted by Gasteiger charge is -2.21. The van der Waals surface area contributed by atoms with Gasteiger partial charge in [-0.05, 0) is 18.6 Å². The quantitative estimate of drug-likeness (QED) is 0.678. The fraction of sp³-hybridized carbons (Fsp3) is 0.316. The number of thiol groups is 1. The molecule has 6 heteroatoms. The molecule has 132 valence electrons. The number of hydrogen-bond acceptors (Lipinski definition) is 5. The average molecular weight is 357 g/mol. The van der Waals surface area contributed by atoms with E-state index in [1.54, 1.807) is 14.2 Å². The van der Waals surface area contributed by atoms with Crippen molar-refractivity contribution in [1.82, 2.24) is 9.97 Å². The molecule has 0 aliphatic heterocycles. The molecular weight excluding hydrogens is 334 g/mol. The molecule has 0 saturated heterocycles. The van der Waals surface area contributed by atoms with E-state index in [0.717, 1.165) is 28.1 Å². The van der Waals surface area contributed by atoms with Gasteiger partial charge in [-0.25, -0.2) is 4.98 Å². The second-order valence-electron chi connectivity index (χ2n) is 6.21. The molecule has 0 amide bonds. The van der Waals surface area contributed by atoms with Crippen LogP contribution in [0.1, 0.15) is 22.2 Å². The first-order chi connectivity index (χ1) is 11.9. The summed E-state index contributed by atoms with van der Waals surface area (Å²) in [6, 6.07) is 10.1. The number of hydrogen-bond donors (Lipinski definition) is 2. The molecule has 0 aliphatic carbocycles. The number of aryl methyl sites for hydroxylation is 1. The molecule has 0 fully saturated rings. The van der Waals surface area contributed by atoms with Crippen LogP contribution in [0.2, 0.25) is 0 Å². The SMILES string of the molecule is COc1cc2nc(C(S)c3cc(C)ccc3N(C)C)[nH]c2cc1OC. The first kappa shape index (κ1) is 17.5. The molecule has 2 aromatic carbocycles. The Hall–Kier alpha value is -2.34. The molecule has 0 aliphatic rings.